The number of carbonyl (C=O) groups excluding carboxylic acids is 1. The van der Waals surface area contributed by atoms with E-state index in [4.69, 9.17) is 9.47 Å². The van der Waals surface area contributed by atoms with Gasteiger partial charge in [-0.3, -0.25) is 9.48 Å². The van der Waals surface area contributed by atoms with Crippen LogP contribution < -0.4 is 15.4 Å². The van der Waals surface area contributed by atoms with Gasteiger partial charge in [0.05, 0.1) is 30.1 Å². The molecule has 1 unspecified atom stereocenters. The zero-order valence-corrected chi connectivity index (χ0v) is 21.4. The van der Waals surface area contributed by atoms with Gasteiger partial charge < -0.3 is 24.7 Å². The van der Waals surface area contributed by atoms with Crippen LogP contribution >= 0.6 is 0 Å². The number of anilines is 3. The second kappa shape index (κ2) is 9.43. The van der Waals surface area contributed by atoms with Gasteiger partial charge in [-0.2, -0.15) is 10.1 Å². The molecule has 1 saturated heterocycles. The van der Waals surface area contributed by atoms with Crippen molar-refractivity contribution in [3.63, 3.8) is 0 Å². The molecular formula is C25H29FN8O3. The molecule has 11 nitrogen and oxygen atoms in total. The molecule has 5 heterocycles. The first-order valence-electron chi connectivity index (χ1n) is 12.0. The number of pyridine rings is 2. The Morgan fingerprint density at radius 3 is 2.76 bits per heavy atom. The highest BCUT2D eigenvalue weighted by Crippen LogP contribution is 2.35. The maximum atomic E-state index is 15.6. The Kier molecular flexibility index (Phi) is 6.28. The van der Waals surface area contributed by atoms with E-state index in [2.05, 4.69) is 30.7 Å². The molecule has 1 fully saturated rings. The standard InChI is InChI=1S/C25H29FN8O3/c1-14(35)29-19-11-16(6-8-27-19)37-17-10-18-22(28-12-17)30-24(33(18)5)31-23-20(26)21(25(2,3)4)34(32-23)15-7-9-36-13-15/h6,8,10-12,15H,7,9,13H2,1-5H3,(H,27,29,35)(H,28,30,31,32). The van der Waals surface area contributed by atoms with Gasteiger partial charge in [0.25, 0.3) is 0 Å². The van der Waals surface area contributed by atoms with Crippen molar-refractivity contribution < 1.29 is 18.7 Å². The lowest BCUT2D eigenvalue weighted by Crippen LogP contribution is -2.23. The number of hydrogen-bond donors (Lipinski definition) is 2. The van der Waals surface area contributed by atoms with Crippen LogP contribution in [0.4, 0.5) is 22.0 Å². The van der Waals surface area contributed by atoms with Crippen LogP contribution in [0.5, 0.6) is 11.5 Å². The molecule has 12 heteroatoms. The van der Waals surface area contributed by atoms with Gasteiger partial charge in [-0.1, -0.05) is 20.8 Å². The van der Waals surface area contributed by atoms with Crippen LogP contribution in [0.25, 0.3) is 11.2 Å². The van der Waals surface area contributed by atoms with Crippen molar-refractivity contribution in [3.05, 3.63) is 42.1 Å². The molecule has 4 aromatic rings. The molecule has 4 aromatic heterocycles. The average molecular weight is 509 g/mol. The summed E-state index contributed by atoms with van der Waals surface area (Å²) in [5, 5.41) is 10.3. The van der Waals surface area contributed by atoms with Gasteiger partial charge in [-0.15, -0.1) is 0 Å². The van der Waals surface area contributed by atoms with Gasteiger partial charge in [0.2, 0.25) is 11.9 Å². The third-order valence-electron chi connectivity index (χ3n) is 6.03. The normalized spacial score (nSPS) is 15.8. The maximum Gasteiger partial charge on any atom is 0.222 e. The molecule has 1 atom stereocenters. The van der Waals surface area contributed by atoms with E-state index in [1.807, 2.05) is 20.8 Å². The van der Waals surface area contributed by atoms with Gasteiger partial charge in [0.15, 0.2) is 17.3 Å². The van der Waals surface area contributed by atoms with Crippen molar-refractivity contribution in [1.82, 2.24) is 29.3 Å². The van der Waals surface area contributed by atoms with E-state index < -0.39 is 11.2 Å². The highest BCUT2D eigenvalue weighted by molar-refractivity contribution is 5.87. The SMILES string of the molecule is CC(=O)Nc1cc(Oc2cnc3nc(Nc4nn(C5CCOC5)c(C(C)(C)C)c4F)n(C)c3c2)ccn1. The average Bonchev–Trinajstić information content (AvgIpc) is 3.53. The minimum atomic E-state index is -0.452. The number of ether oxygens (including phenoxy) is 2. The summed E-state index contributed by atoms with van der Waals surface area (Å²) in [4.78, 5) is 24.3. The van der Waals surface area contributed by atoms with Crippen LogP contribution in [0.3, 0.4) is 0 Å². The summed E-state index contributed by atoms with van der Waals surface area (Å²) in [5.41, 5.74) is 1.21. The van der Waals surface area contributed by atoms with Crippen LogP contribution in [0, 0.1) is 5.82 Å². The quantitative estimate of drug-likeness (QED) is 0.392. The highest BCUT2D eigenvalue weighted by Gasteiger charge is 2.33. The monoisotopic (exact) mass is 508 g/mol. The van der Waals surface area contributed by atoms with Crippen molar-refractivity contribution in [1.29, 1.82) is 0 Å². The number of amides is 1. The van der Waals surface area contributed by atoms with E-state index in [0.717, 1.165) is 6.42 Å². The number of rotatable bonds is 6. The molecule has 0 saturated carbocycles. The van der Waals surface area contributed by atoms with Crippen LogP contribution in [-0.4, -0.2) is 48.4 Å². The van der Waals surface area contributed by atoms with Crippen LogP contribution in [0.2, 0.25) is 0 Å². The van der Waals surface area contributed by atoms with Crippen molar-refractivity contribution in [2.45, 2.75) is 45.6 Å². The molecule has 1 amide bonds. The van der Waals surface area contributed by atoms with Crippen molar-refractivity contribution in [2.24, 2.45) is 7.05 Å². The number of halogens is 1. The summed E-state index contributed by atoms with van der Waals surface area (Å²) < 4.78 is 30.6. The topological polar surface area (TPSA) is 121 Å². The van der Waals surface area contributed by atoms with E-state index >= 15 is 4.39 Å². The van der Waals surface area contributed by atoms with Crippen LogP contribution in [0.15, 0.2) is 30.6 Å². The lowest BCUT2D eigenvalue weighted by Gasteiger charge is -2.22. The molecule has 194 valence electrons. The summed E-state index contributed by atoms with van der Waals surface area (Å²) in [5.74, 6) is 1.20. The predicted octanol–water partition coefficient (Wildman–Crippen LogP) is 4.45. The summed E-state index contributed by atoms with van der Waals surface area (Å²) in [6, 6.07) is 5.06. The number of aromatic nitrogens is 6. The molecule has 5 rings (SSSR count). The van der Waals surface area contributed by atoms with E-state index in [-0.39, 0.29) is 17.8 Å². The van der Waals surface area contributed by atoms with E-state index in [1.54, 1.807) is 40.7 Å². The Balaban J connectivity index is 1.43. The molecule has 1 aliphatic heterocycles. The Morgan fingerprint density at radius 2 is 2.05 bits per heavy atom. The molecule has 1 aliphatic rings. The summed E-state index contributed by atoms with van der Waals surface area (Å²) in [7, 11) is 1.80. The third kappa shape index (κ3) is 4.96. The lowest BCUT2D eigenvalue weighted by molar-refractivity contribution is -0.114. The lowest BCUT2D eigenvalue weighted by atomic mass is 9.91. The first kappa shape index (κ1) is 24.6. The minimum Gasteiger partial charge on any atom is -0.455 e. The molecule has 0 aromatic carbocycles. The summed E-state index contributed by atoms with van der Waals surface area (Å²) >= 11 is 0. The minimum absolute atomic E-state index is 0.0135. The maximum absolute atomic E-state index is 15.6. The van der Waals surface area contributed by atoms with Crippen LogP contribution in [-0.2, 0) is 22.0 Å². The van der Waals surface area contributed by atoms with E-state index in [9.17, 15) is 4.79 Å². The Morgan fingerprint density at radius 1 is 1.24 bits per heavy atom. The van der Waals surface area contributed by atoms with Crippen LogP contribution in [0.1, 0.15) is 45.9 Å². The first-order valence-corrected chi connectivity index (χ1v) is 12.0. The second-order valence-corrected chi connectivity index (χ2v) is 10.0. The number of hydrogen-bond acceptors (Lipinski definition) is 8. The molecule has 37 heavy (non-hydrogen) atoms. The zero-order valence-electron chi connectivity index (χ0n) is 21.4. The first-order chi connectivity index (χ1) is 17.6. The van der Waals surface area contributed by atoms with Crippen molar-refractivity contribution >= 4 is 34.7 Å². The molecule has 0 bridgehead atoms. The van der Waals surface area contributed by atoms with E-state index in [0.29, 0.717) is 53.3 Å². The smallest absolute Gasteiger partial charge is 0.222 e. The van der Waals surface area contributed by atoms with Gasteiger partial charge in [-0.05, 0) is 12.5 Å². The fourth-order valence-electron chi connectivity index (χ4n) is 4.33. The number of fused-ring (bicyclic) bond motifs is 1. The molecule has 0 radical (unpaired) electrons. The highest BCUT2D eigenvalue weighted by atomic mass is 19.1. The summed E-state index contributed by atoms with van der Waals surface area (Å²) in [6.07, 6.45) is 3.87. The molecule has 2 N–H and O–H groups in total. The van der Waals surface area contributed by atoms with E-state index in [1.165, 1.54) is 13.1 Å². The number of carbonyl (C=O) groups is 1. The second-order valence-electron chi connectivity index (χ2n) is 10.0. The number of imidazole rings is 1. The molecule has 0 aliphatic carbocycles. The van der Waals surface area contributed by atoms with Gasteiger partial charge in [0, 0.05) is 44.3 Å². The number of nitrogens with zero attached hydrogens (tertiary/aromatic N) is 6. The zero-order chi connectivity index (χ0) is 26.3. The fraction of sp³-hybridized carbons (Fsp3) is 0.400. The van der Waals surface area contributed by atoms with Gasteiger partial charge in [-0.25, -0.2) is 14.4 Å². The van der Waals surface area contributed by atoms with Crippen molar-refractivity contribution in [2.75, 3.05) is 23.8 Å². The predicted molar refractivity (Wildman–Crippen MR) is 136 cm³/mol. The number of nitrogens with one attached hydrogen (secondary N) is 2. The van der Waals surface area contributed by atoms with Gasteiger partial charge in [0.1, 0.15) is 17.3 Å². The fourth-order valence-corrected chi connectivity index (χ4v) is 4.33. The van der Waals surface area contributed by atoms with Crippen molar-refractivity contribution in [3.8, 4) is 11.5 Å². The summed E-state index contributed by atoms with van der Waals surface area (Å²) in [6.45, 7) is 8.44. The number of aryl methyl sites for hydroxylation is 1. The Labute approximate surface area is 213 Å². The van der Waals surface area contributed by atoms with Gasteiger partial charge >= 0.3 is 0 Å². The molecule has 0 spiro atoms. The molecular weight excluding hydrogens is 479 g/mol. The Bertz CT molecular complexity index is 1470. The largest absolute Gasteiger partial charge is 0.455 e. The third-order valence-corrected chi connectivity index (χ3v) is 6.03. The Hall–Kier alpha value is -4.06.